The third kappa shape index (κ3) is 6.13. The lowest BCUT2D eigenvalue weighted by Crippen LogP contribution is -2.30. The molecule has 0 radical (unpaired) electrons. The minimum absolute atomic E-state index is 0.0292. The molecule has 204 valence electrons. The summed E-state index contributed by atoms with van der Waals surface area (Å²) in [5, 5.41) is 0. The summed E-state index contributed by atoms with van der Waals surface area (Å²) in [4.78, 5) is 12.6. The Morgan fingerprint density at radius 1 is 0.921 bits per heavy atom. The number of ether oxygens (including phenoxy) is 2. The van der Waals surface area contributed by atoms with Gasteiger partial charge in [-0.3, -0.25) is 0 Å². The smallest absolute Gasteiger partial charge is 0.346 e. The molecule has 38 heavy (non-hydrogen) atoms. The molecule has 0 spiro atoms. The van der Waals surface area contributed by atoms with Crippen LogP contribution in [0, 0.1) is 41.0 Å². The maximum absolute atomic E-state index is 15.2. The van der Waals surface area contributed by atoms with Crippen molar-refractivity contribution in [2.45, 2.75) is 64.2 Å². The first-order valence-corrected chi connectivity index (χ1v) is 13.4. The molecule has 4 rings (SSSR count). The molecule has 2 saturated carbocycles. The lowest BCUT2D eigenvalue weighted by Gasteiger charge is -2.42. The molecule has 0 amide bonds. The number of hydrogen-bond donors (Lipinski definition) is 0. The van der Waals surface area contributed by atoms with E-state index in [9.17, 15) is 13.6 Å². The molecule has 2 aromatic carbocycles. The largest absolute Gasteiger partial charge is 0.486 e. The van der Waals surface area contributed by atoms with Crippen LogP contribution in [0.3, 0.4) is 0 Å². The zero-order valence-electron chi connectivity index (χ0n) is 21.7. The molecule has 7 heteroatoms. The Morgan fingerprint density at radius 2 is 1.63 bits per heavy atom. The Morgan fingerprint density at radius 3 is 2.39 bits per heavy atom. The number of fused-ring (bicyclic) bond motifs is 1. The molecule has 4 unspecified atom stereocenters. The normalized spacial score (nSPS) is 23.2. The molecule has 2 aliphatic carbocycles. The van der Waals surface area contributed by atoms with Crippen LogP contribution in [0.1, 0.15) is 80.1 Å². The van der Waals surface area contributed by atoms with Crippen molar-refractivity contribution >= 4 is 5.97 Å². The highest BCUT2D eigenvalue weighted by atomic mass is 19.2. The van der Waals surface area contributed by atoms with Gasteiger partial charge < -0.3 is 9.47 Å². The van der Waals surface area contributed by atoms with Crippen LogP contribution in [0.25, 0.3) is 0 Å². The predicted octanol–water partition coefficient (Wildman–Crippen LogP) is 8.68. The summed E-state index contributed by atoms with van der Waals surface area (Å²) < 4.78 is 68.9. The second-order valence-corrected chi connectivity index (χ2v) is 10.4. The molecule has 3 nitrogen and oxygen atoms in total. The zero-order valence-corrected chi connectivity index (χ0v) is 21.7. The van der Waals surface area contributed by atoms with Gasteiger partial charge in [0.15, 0.2) is 23.1 Å². The summed E-state index contributed by atoms with van der Waals surface area (Å²) in [6.07, 6.45) is 13.4. The number of rotatable bonds is 9. The lowest BCUT2D eigenvalue weighted by molar-refractivity contribution is 0.0720. The van der Waals surface area contributed by atoms with Gasteiger partial charge >= 0.3 is 5.97 Å². The fraction of sp³-hybridized carbons (Fsp3) is 0.452. The molecule has 2 aromatic rings. The summed E-state index contributed by atoms with van der Waals surface area (Å²) in [5.41, 5.74) is -0.415. The van der Waals surface area contributed by atoms with Crippen LogP contribution in [-0.4, -0.2) is 12.6 Å². The van der Waals surface area contributed by atoms with Gasteiger partial charge in [-0.2, -0.15) is 8.78 Å². The first-order chi connectivity index (χ1) is 18.3. The van der Waals surface area contributed by atoms with Crippen LogP contribution in [-0.2, 0) is 0 Å². The molecule has 2 fully saturated rings. The van der Waals surface area contributed by atoms with Gasteiger partial charge in [0.05, 0.1) is 5.56 Å². The summed E-state index contributed by atoms with van der Waals surface area (Å²) >= 11 is 0. The number of esters is 1. The number of halogens is 4. The molecular weight excluding hydrogens is 496 g/mol. The Kier molecular flexibility index (Phi) is 9.29. The fourth-order valence-corrected chi connectivity index (χ4v) is 6.02. The van der Waals surface area contributed by atoms with Crippen molar-refractivity contribution in [3.8, 4) is 11.5 Å². The van der Waals surface area contributed by atoms with Crippen molar-refractivity contribution in [3.63, 3.8) is 0 Å². The Hall–Kier alpha value is -3.09. The monoisotopic (exact) mass is 530 g/mol. The lowest BCUT2D eigenvalue weighted by atomic mass is 9.63. The molecule has 0 bridgehead atoms. The molecule has 0 N–H and O–H groups in total. The first kappa shape index (κ1) is 27.9. The van der Waals surface area contributed by atoms with Crippen molar-refractivity contribution in [3.05, 3.63) is 83.5 Å². The van der Waals surface area contributed by atoms with Gasteiger partial charge in [0, 0.05) is 0 Å². The zero-order chi connectivity index (χ0) is 27.2. The fourth-order valence-electron chi connectivity index (χ4n) is 6.02. The second-order valence-electron chi connectivity index (χ2n) is 10.4. The third-order valence-electron chi connectivity index (χ3n) is 8.06. The summed E-state index contributed by atoms with van der Waals surface area (Å²) in [6.45, 7) is 5.59. The van der Waals surface area contributed by atoms with E-state index in [1.807, 2.05) is 6.08 Å². The van der Waals surface area contributed by atoms with E-state index < -0.39 is 40.6 Å². The van der Waals surface area contributed by atoms with Crippen LogP contribution in [0.4, 0.5) is 17.6 Å². The Balaban J connectivity index is 1.43. The second kappa shape index (κ2) is 12.6. The maximum Gasteiger partial charge on any atom is 0.346 e. The minimum Gasteiger partial charge on any atom is -0.486 e. The standard InChI is InChI=1S/C31H34F4O3/c1-3-5-7-19-8-9-21-18-22(11-10-20(21)17-19)23-12-13-24(28(33)27(23)32)31(36)38-26-15-14-25(29(34)30(26)35)37-16-6-4-2/h3-4,6,12-15,19-22H,1,5,7-11,16-18H2,2H3/b6-4+. The summed E-state index contributed by atoms with van der Waals surface area (Å²) in [7, 11) is 0. The van der Waals surface area contributed by atoms with Gasteiger partial charge in [-0.15, -0.1) is 6.58 Å². The molecule has 0 aromatic heterocycles. The SMILES string of the molecule is C=CCCC1CCC2CC(c3ccc(C(=O)Oc4ccc(OC/C=C/C)c(F)c4F)c(F)c3F)CCC2C1. The molecule has 2 aliphatic rings. The van der Waals surface area contributed by atoms with E-state index in [-0.39, 0.29) is 23.8 Å². The van der Waals surface area contributed by atoms with Crippen LogP contribution < -0.4 is 9.47 Å². The van der Waals surface area contributed by atoms with Gasteiger partial charge in [-0.25, -0.2) is 13.6 Å². The molecule has 4 atom stereocenters. The van der Waals surface area contributed by atoms with Crippen LogP contribution in [0.2, 0.25) is 0 Å². The Labute approximate surface area is 221 Å². The minimum atomic E-state index is -1.45. The van der Waals surface area contributed by atoms with E-state index >= 15 is 8.78 Å². The van der Waals surface area contributed by atoms with Gasteiger partial charge in [-0.05, 0) is 99.3 Å². The number of hydrogen-bond acceptors (Lipinski definition) is 3. The predicted molar refractivity (Wildman–Crippen MR) is 138 cm³/mol. The van der Waals surface area contributed by atoms with Crippen molar-refractivity contribution < 1.29 is 31.8 Å². The average molecular weight is 531 g/mol. The summed E-state index contributed by atoms with van der Waals surface area (Å²) in [5.74, 6) is -5.92. The number of carbonyl (C=O) groups excluding carboxylic acids is 1. The average Bonchev–Trinajstić information content (AvgIpc) is 2.92. The number of carbonyl (C=O) groups is 1. The quantitative estimate of drug-likeness (QED) is 0.141. The molecule has 0 saturated heterocycles. The van der Waals surface area contributed by atoms with Gasteiger partial charge in [0.25, 0.3) is 0 Å². The van der Waals surface area contributed by atoms with Crippen LogP contribution in [0.5, 0.6) is 11.5 Å². The van der Waals surface area contributed by atoms with E-state index in [1.165, 1.54) is 18.9 Å². The van der Waals surface area contributed by atoms with E-state index in [2.05, 4.69) is 6.58 Å². The maximum atomic E-state index is 15.2. The van der Waals surface area contributed by atoms with Gasteiger partial charge in [-0.1, -0.05) is 30.7 Å². The third-order valence-corrected chi connectivity index (χ3v) is 8.06. The van der Waals surface area contributed by atoms with Crippen molar-refractivity contribution in [2.24, 2.45) is 17.8 Å². The molecule has 0 heterocycles. The van der Waals surface area contributed by atoms with Crippen molar-refractivity contribution in [1.29, 1.82) is 0 Å². The Bertz CT molecular complexity index is 1190. The summed E-state index contributed by atoms with van der Waals surface area (Å²) in [6, 6.07) is 4.70. The van der Waals surface area contributed by atoms with E-state index in [1.54, 1.807) is 19.1 Å². The molecule has 0 aliphatic heterocycles. The van der Waals surface area contributed by atoms with Crippen LogP contribution in [0.15, 0.2) is 49.1 Å². The van der Waals surface area contributed by atoms with E-state index in [4.69, 9.17) is 9.47 Å². The number of allylic oxidation sites excluding steroid dienone is 2. The topological polar surface area (TPSA) is 35.5 Å². The van der Waals surface area contributed by atoms with Gasteiger partial charge in [0.1, 0.15) is 6.61 Å². The highest BCUT2D eigenvalue weighted by Crippen LogP contribution is 2.49. The number of benzene rings is 2. The van der Waals surface area contributed by atoms with Crippen LogP contribution >= 0.6 is 0 Å². The highest BCUT2D eigenvalue weighted by molar-refractivity contribution is 5.91. The van der Waals surface area contributed by atoms with Crippen molar-refractivity contribution in [1.82, 2.24) is 0 Å². The van der Waals surface area contributed by atoms with E-state index in [0.29, 0.717) is 17.8 Å². The van der Waals surface area contributed by atoms with Gasteiger partial charge in [0.2, 0.25) is 11.6 Å². The first-order valence-electron chi connectivity index (χ1n) is 13.4. The van der Waals surface area contributed by atoms with E-state index in [0.717, 1.165) is 56.7 Å². The van der Waals surface area contributed by atoms with Crippen molar-refractivity contribution in [2.75, 3.05) is 6.61 Å². The molecular formula is C31H34F4O3. The highest BCUT2D eigenvalue weighted by Gasteiger charge is 2.37.